The van der Waals surface area contributed by atoms with E-state index in [2.05, 4.69) is 39.0 Å². The van der Waals surface area contributed by atoms with Crippen LogP contribution in [0.25, 0.3) is 5.78 Å². The maximum atomic E-state index is 6.21. The van der Waals surface area contributed by atoms with E-state index < -0.39 is 0 Å². The van der Waals surface area contributed by atoms with Crippen LogP contribution in [0.4, 0.5) is 5.82 Å². The fourth-order valence-corrected chi connectivity index (χ4v) is 3.14. The third-order valence-corrected chi connectivity index (χ3v) is 4.32. The van der Waals surface area contributed by atoms with Crippen molar-refractivity contribution in [2.75, 3.05) is 38.6 Å². The van der Waals surface area contributed by atoms with Crippen LogP contribution in [0.5, 0.6) is 0 Å². The van der Waals surface area contributed by atoms with E-state index in [1.165, 1.54) is 19.3 Å². The van der Waals surface area contributed by atoms with Gasteiger partial charge in [-0.2, -0.15) is 19.6 Å². The van der Waals surface area contributed by atoms with Crippen LogP contribution < -0.4 is 4.90 Å². The maximum absolute atomic E-state index is 6.21. The van der Waals surface area contributed by atoms with Crippen molar-refractivity contribution in [1.82, 2.24) is 24.5 Å². The summed E-state index contributed by atoms with van der Waals surface area (Å²) < 4.78 is 1.76. The molecule has 0 amide bonds. The highest BCUT2D eigenvalue weighted by Crippen LogP contribution is 2.26. The number of nitrogens with zero attached hydrogens (tertiary/aromatic N) is 6. The lowest BCUT2D eigenvalue weighted by atomic mass is 10.1. The van der Waals surface area contributed by atoms with Crippen LogP contribution in [0.3, 0.4) is 0 Å². The van der Waals surface area contributed by atoms with Crippen LogP contribution in [0.1, 0.15) is 12.0 Å². The van der Waals surface area contributed by atoms with Crippen LogP contribution in [0, 0.1) is 12.8 Å². The lowest BCUT2D eigenvalue weighted by molar-refractivity contribution is 0.395. The molecule has 0 N–H and O–H groups in total. The van der Waals surface area contributed by atoms with Crippen molar-refractivity contribution < 1.29 is 0 Å². The SMILES string of the molecule is Cc1c(Cl)nc2ncnn2c1N(C)CC1CCN(C)C1. The van der Waals surface area contributed by atoms with E-state index in [0.717, 1.165) is 24.5 Å². The molecule has 2 aromatic heterocycles. The summed E-state index contributed by atoms with van der Waals surface area (Å²) in [7, 11) is 4.25. The minimum atomic E-state index is 0.496. The van der Waals surface area contributed by atoms with Gasteiger partial charge in [0.05, 0.1) is 0 Å². The van der Waals surface area contributed by atoms with E-state index in [1.807, 2.05) is 6.92 Å². The minimum Gasteiger partial charge on any atom is -0.359 e. The molecule has 3 heterocycles. The largest absolute Gasteiger partial charge is 0.359 e. The van der Waals surface area contributed by atoms with Gasteiger partial charge in [-0.15, -0.1) is 0 Å². The van der Waals surface area contributed by atoms with Gasteiger partial charge in [-0.3, -0.25) is 0 Å². The molecule has 1 aliphatic heterocycles. The van der Waals surface area contributed by atoms with Crippen LogP contribution in [-0.2, 0) is 0 Å². The molecule has 0 saturated carbocycles. The van der Waals surface area contributed by atoms with Crippen molar-refractivity contribution >= 4 is 23.2 Å². The molecule has 1 fully saturated rings. The molecular weight excluding hydrogens is 276 g/mol. The predicted molar refractivity (Wildman–Crippen MR) is 79.4 cm³/mol. The highest BCUT2D eigenvalue weighted by Gasteiger charge is 2.23. The van der Waals surface area contributed by atoms with Gasteiger partial charge in [0.25, 0.3) is 5.78 Å². The minimum absolute atomic E-state index is 0.496. The van der Waals surface area contributed by atoms with Crippen LogP contribution in [0.2, 0.25) is 5.15 Å². The Kier molecular flexibility index (Phi) is 3.52. The molecule has 108 valence electrons. The zero-order chi connectivity index (χ0) is 14.3. The standard InChI is InChI=1S/C13H19ClN6/c1-9-11(14)17-13-15-8-16-20(13)12(9)19(3)7-10-4-5-18(2)6-10/h8,10H,4-7H2,1-3H3. The maximum Gasteiger partial charge on any atom is 0.255 e. The van der Waals surface area contributed by atoms with Crippen molar-refractivity contribution in [3.05, 3.63) is 17.0 Å². The molecule has 0 spiro atoms. The Balaban J connectivity index is 1.92. The second-order valence-electron chi connectivity index (χ2n) is 5.62. The summed E-state index contributed by atoms with van der Waals surface area (Å²) in [5.74, 6) is 2.20. The molecular formula is C13H19ClN6. The average Bonchev–Trinajstić information content (AvgIpc) is 2.99. The highest BCUT2D eigenvalue weighted by molar-refractivity contribution is 6.30. The molecule has 1 saturated heterocycles. The number of likely N-dealkylation sites (tertiary alicyclic amines) is 1. The zero-order valence-corrected chi connectivity index (χ0v) is 12.8. The average molecular weight is 295 g/mol. The molecule has 1 aliphatic rings. The number of fused-ring (bicyclic) bond motifs is 1. The molecule has 1 unspecified atom stereocenters. The fraction of sp³-hybridized carbons (Fsp3) is 0.615. The second kappa shape index (κ2) is 5.18. The van der Waals surface area contributed by atoms with Gasteiger partial charge in [-0.1, -0.05) is 11.6 Å². The van der Waals surface area contributed by atoms with E-state index in [9.17, 15) is 0 Å². The Bertz CT molecular complexity index is 625. The lowest BCUT2D eigenvalue weighted by Crippen LogP contribution is -2.29. The fourth-order valence-electron chi connectivity index (χ4n) is 2.98. The first-order chi connectivity index (χ1) is 9.56. The number of halogens is 1. The molecule has 2 aromatic rings. The molecule has 0 radical (unpaired) electrons. The normalized spacial score (nSPS) is 19.9. The number of hydrogen-bond acceptors (Lipinski definition) is 5. The summed E-state index contributed by atoms with van der Waals surface area (Å²) >= 11 is 6.21. The summed E-state index contributed by atoms with van der Waals surface area (Å²) in [5, 5.41) is 4.76. The predicted octanol–water partition coefficient (Wildman–Crippen LogP) is 1.47. The van der Waals surface area contributed by atoms with E-state index in [-0.39, 0.29) is 0 Å². The molecule has 0 bridgehead atoms. The molecule has 7 heteroatoms. The molecule has 0 aliphatic carbocycles. The first kappa shape index (κ1) is 13.6. The van der Waals surface area contributed by atoms with Gasteiger partial charge in [0, 0.05) is 25.7 Å². The third-order valence-electron chi connectivity index (χ3n) is 3.96. The van der Waals surface area contributed by atoms with Crippen LogP contribution in [0.15, 0.2) is 6.33 Å². The summed E-state index contributed by atoms with van der Waals surface area (Å²) in [4.78, 5) is 13.0. The molecule has 6 nitrogen and oxygen atoms in total. The Morgan fingerprint density at radius 2 is 2.30 bits per heavy atom. The van der Waals surface area contributed by atoms with Gasteiger partial charge in [-0.05, 0) is 32.9 Å². The van der Waals surface area contributed by atoms with E-state index >= 15 is 0 Å². The van der Waals surface area contributed by atoms with Gasteiger partial charge >= 0.3 is 0 Å². The van der Waals surface area contributed by atoms with Gasteiger partial charge in [0.1, 0.15) is 17.3 Å². The lowest BCUT2D eigenvalue weighted by Gasteiger charge is -2.25. The van der Waals surface area contributed by atoms with Gasteiger partial charge in [0.15, 0.2) is 0 Å². The van der Waals surface area contributed by atoms with E-state index in [4.69, 9.17) is 11.6 Å². The number of aromatic nitrogens is 4. The third kappa shape index (κ3) is 2.33. The molecule has 0 aromatic carbocycles. The van der Waals surface area contributed by atoms with Crippen LogP contribution in [-0.4, -0.2) is 58.2 Å². The zero-order valence-electron chi connectivity index (χ0n) is 12.0. The second-order valence-corrected chi connectivity index (χ2v) is 5.98. The summed E-state index contributed by atoms with van der Waals surface area (Å²) in [6.07, 6.45) is 2.75. The molecule has 3 rings (SSSR count). The van der Waals surface area contributed by atoms with Crippen molar-refractivity contribution in [2.45, 2.75) is 13.3 Å². The number of anilines is 1. The number of hydrogen-bond donors (Lipinski definition) is 0. The summed E-state index contributed by atoms with van der Waals surface area (Å²) in [6.45, 7) is 5.28. The van der Waals surface area contributed by atoms with Gasteiger partial charge in [-0.25, -0.2) is 0 Å². The van der Waals surface area contributed by atoms with E-state index in [0.29, 0.717) is 16.8 Å². The topological polar surface area (TPSA) is 49.6 Å². The van der Waals surface area contributed by atoms with Crippen LogP contribution >= 0.6 is 11.6 Å². The van der Waals surface area contributed by atoms with E-state index in [1.54, 1.807) is 4.52 Å². The van der Waals surface area contributed by atoms with Crippen molar-refractivity contribution in [1.29, 1.82) is 0 Å². The monoisotopic (exact) mass is 294 g/mol. The smallest absolute Gasteiger partial charge is 0.255 e. The molecule has 1 atom stereocenters. The summed E-state index contributed by atoms with van der Waals surface area (Å²) in [6, 6.07) is 0. The first-order valence-electron chi connectivity index (χ1n) is 6.81. The molecule has 20 heavy (non-hydrogen) atoms. The van der Waals surface area contributed by atoms with Crippen molar-refractivity contribution in [2.24, 2.45) is 5.92 Å². The Morgan fingerprint density at radius 3 is 3.00 bits per heavy atom. The van der Waals surface area contributed by atoms with Gasteiger partial charge in [0.2, 0.25) is 0 Å². The number of rotatable bonds is 3. The first-order valence-corrected chi connectivity index (χ1v) is 7.19. The quantitative estimate of drug-likeness (QED) is 0.803. The Morgan fingerprint density at radius 1 is 1.50 bits per heavy atom. The highest BCUT2D eigenvalue weighted by atomic mass is 35.5. The van der Waals surface area contributed by atoms with Crippen molar-refractivity contribution in [3.8, 4) is 0 Å². The summed E-state index contributed by atoms with van der Waals surface area (Å²) in [5.41, 5.74) is 0.943. The van der Waals surface area contributed by atoms with Crippen molar-refractivity contribution in [3.63, 3.8) is 0 Å². The Hall–Kier alpha value is -1.40. The Labute approximate surface area is 123 Å². The van der Waals surface area contributed by atoms with Gasteiger partial charge < -0.3 is 9.80 Å².